The molecule has 0 aliphatic heterocycles. The lowest BCUT2D eigenvalue weighted by molar-refractivity contribution is -0.188. The van der Waals surface area contributed by atoms with Gasteiger partial charge in [-0.3, -0.25) is 4.79 Å². The predicted molar refractivity (Wildman–Crippen MR) is 73.8 cm³/mol. The van der Waals surface area contributed by atoms with E-state index in [0.29, 0.717) is 0 Å². The summed E-state index contributed by atoms with van der Waals surface area (Å²) < 4.78 is 40.2. The van der Waals surface area contributed by atoms with E-state index in [4.69, 9.17) is 5.73 Å². The third-order valence-corrected chi connectivity index (χ3v) is 3.33. The lowest BCUT2D eigenvalue weighted by Gasteiger charge is -2.31. The average Bonchev–Trinajstić information content (AvgIpc) is 2.47. The number of halogens is 3. The molecule has 0 heterocycles. The Bertz CT molecular complexity index is 610. The monoisotopic (exact) mass is 293 g/mol. The standard InChI is InChI=1S/C16H14F3NO/c17-16(18,19)15(20,13-9-5-2-6-10-13)11-14(21)12-7-3-1-4-8-12/h1-10H,11,20H2/t15-/m0/s1. The number of carbonyl (C=O) groups excluding carboxylic acids is 1. The van der Waals surface area contributed by atoms with Crippen molar-refractivity contribution in [2.24, 2.45) is 5.73 Å². The van der Waals surface area contributed by atoms with E-state index >= 15 is 0 Å². The Morgan fingerprint density at radius 2 is 1.38 bits per heavy atom. The summed E-state index contributed by atoms with van der Waals surface area (Å²) in [5, 5.41) is 0. The number of carbonyl (C=O) groups is 1. The van der Waals surface area contributed by atoms with Crippen molar-refractivity contribution in [3.63, 3.8) is 0 Å². The van der Waals surface area contributed by atoms with Gasteiger partial charge in [0.2, 0.25) is 0 Å². The molecule has 0 radical (unpaired) electrons. The number of hydrogen-bond donors (Lipinski definition) is 1. The molecule has 2 N–H and O–H groups in total. The molecule has 0 aliphatic rings. The summed E-state index contributed by atoms with van der Waals surface area (Å²) in [6.07, 6.45) is -5.55. The van der Waals surface area contributed by atoms with E-state index in [1.807, 2.05) is 0 Å². The van der Waals surface area contributed by atoms with Crippen LogP contribution in [0, 0.1) is 0 Å². The molecule has 21 heavy (non-hydrogen) atoms. The molecule has 0 aromatic heterocycles. The van der Waals surface area contributed by atoms with Gasteiger partial charge in [0.05, 0.1) is 0 Å². The highest BCUT2D eigenvalue weighted by atomic mass is 19.4. The van der Waals surface area contributed by atoms with Crippen LogP contribution in [0.4, 0.5) is 13.2 Å². The van der Waals surface area contributed by atoms with Gasteiger partial charge in [-0.25, -0.2) is 0 Å². The maximum Gasteiger partial charge on any atom is 0.411 e. The number of Topliss-reactive ketones (excluding diaryl/α,β-unsaturated/α-hetero) is 1. The van der Waals surface area contributed by atoms with Gasteiger partial charge >= 0.3 is 6.18 Å². The Morgan fingerprint density at radius 1 is 0.905 bits per heavy atom. The van der Waals surface area contributed by atoms with Gasteiger partial charge in [0.1, 0.15) is 5.54 Å². The molecule has 110 valence electrons. The van der Waals surface area contributed by atoms with Crippen molar-refractivity contribution in [3.8, 4) is 0 Å². The largest absolute Gasteiger partial charge is 0.411 e. The van der Waals surface area contributed by atoms with Crippen LogP contribution in [0.3, 0.4) is 0 Å². The summed E-state index contributed by atoms with van der Waals surface area (Å²) in [6, 6.07) is 14.9. The summed E-state index contributed by atoms with van der Waals surface area (Å²) in [5.74, 6) is -0.640. The van der Waals surface area contributed by atoms with Crippen LogP contribution in [0.1, 0.15) is 22.3 Å². The van der Waals surface area contributed by atoms with Crippen molar-refractivity contribution in [1.82, 2.24) is 0 Å². The number of rotatable bonds is 4. The van der Waals surface area contributed by atoms with E-state index < -0.39 is 23.9 Å². The minimum atomic E-state index is -4.72. The summed E-state index contributed by atoms with van der Waals surface area (Å²) in [5.41, 5.74) is 2.99. The topological polar surface area (TPSA) is 43.1 Å². The molecule has 2 aromatic carbocycles. The molecule has 2 nitrogen and oxygen atoms in total. The summed E-state index contributed by atoms with van der Waals surface area (Å²) in [7, 11) is 0. The van der Waals surface area contributed by atoms with E-state index in [0.717, 1.165) is 0 Å². The van der Waals surface area contributed by atoms with Crippen molar-refractivity contribution in [3.05, 3.63) is 71.8 Å². The first-order valence-corrected chi connectivity index (χ1v) is 6.34. The smallest absolute Gasteiger partial charge is 0.314 e. The van der Waals surface area contributed by atoms with Crippen LogP contribution in [0.15, 0.2) is 60.7 Å². The number of benzene rings is 2. The minimum Gasteiger partial charge on any atom is -0.314 e. The van der Waals surface area contributed by atoms with Gasteiger partial charge in [0.15, 0.2) is 5.78 Å². The van der Waals surface area contributed by atoms with Crippen LogP contribution < -0.4 is 5.73 Å². The molecule has 0 spiro atoms. The summed E-state index contributed by atoms with van der Waals surface area (Å²) in [6.45, 7) is 0. The van der Waals surface area contributed by atoms with Crippen molar-refractivity contribution in [1.29, 1.82) is 0 Å². The molecule has 1 atom stereocenters. The molecular weight excluding hydrogens is 279 g/mol. The van der Waals surface area contributed by atoms with E-state index in [1.54, 1.807) is 24.3 Å². The molecule has 2 aromatic rings. The first-order chi connectivity index (χ1) is 9.84. The van der Waals surface area contributed by atoms with Crippen LogP contribution in [0.2, 0.25) is 0 Å². The van der Waals surface area contributed by atoms with Gasteiger partial charge in [-0.15, -0.1) is 0 Å². The molecule has 0 saturated heterocycles. The maximum absolute atomic E-state index is 13.4. The second kappa shape index (κ2) is 5.69. The third kappa shape index (κ3) is 3.13. The van der Waals surface area contributed by atoms with E-state index in [9.17, 15) is 18.0 Å². The number of ketones is 1. The number of alkyl halides is 3. The average molecular weight is 293 g/mol. The van der Waals surface area contributed by atoms with Crippen LogP contribution in [0.25, 0.3) is 0 Å². The van der Waals surface area contributed by atoms with E-state index in [-0.39, 0.29) is 11.1 Å². The van der Waals surface area contributed by atoms with Gasteiger partial charge in [-0.05, 0) is 5.56 Å². The minimum absolute atomic E-state index is 0.123. The predicted octanol–water partition coefficient (Wildman–Crippen LogP) is 3.68. The molecular formula is C16H14F3NO. The molecule has 2 rings (SSSR count). The first-order valence-electron chi connectivity index (χ1n) is 6.34. The second-order valence-corrected chi connectivity index (χ2v) is 4.80. The van der Waals surface area contributed by atoms with E-state index in [2.05, 4.69) is 0 Å². The third-order valence-electron chi connectivity index (χ3n) is 3.33. The molecule has 0 saturated carbocycles. The van der Waals surface area contributed by atoms with Crippen LogP contribution in [-0.4, -0.2) is 12.0 Å². The van der Waals surface area contributed by atoms with Gasteiger partial charge in [0, 0.05) is 12.0 Å². The fraction of sp³-hybridized carbons (Fsp3) is 0.188. The van der Waals surface area contributed by atoms with E-state index in [1.165, 1.54) is 36.4 Å². The number of hydrogen-bond acceptors (Lipinski definition) is 2. The Balaban J connectivity index is 2.37. The molecule has 0 bridgehead atoms. The molecule has 0 unspecified atom stereocenters. The zero-order valence-electron chi connectivity index (χ0n) is 11.1. The van der Waals surface area contributed by atoms with Crippen molar-refractivity contribution in [2.75, 3.05) is 0 Å². The van der Waals surface area contributed by atoms with Crippen LogP contribution in [-0.2, 0) is 5.54 Å². The zero-order valence-corrected chi connectivity index (χ0v) is 11.1. The highest BCUT2D eigenvalue weighted by molar-refractivity contribution is 5.96. The lowest BCUT2D eigenvalue weighted by Crippen LogP contribution is -2.51. The molecule has 5 heteroatoms. The Morgan fingerprint density at radius 3 is 1.86 bits per heavy atom. The van der Waals surface area contributed by atoms with Crippen molar-refractivity contribution >= 4 is 5.78 Å². The van der Waals surface area contributed by atoms with Gasteiger partial charge in [-0.1, -0.05) is 60.7 Å². The highest BCUT2D eigenvalue weighted by Gasteiger charge is 2.54. The summed E-state index contributed by atoms with van der Waals surface area (Å²) in [4.78, 5) is 12.1. The van der Waals surface area contributed by atoms with Gasteiger partial charge in [-0.2, -0.15) is 13.2 Å². The quantitative estimate of drug-likeness (QED) is 0.874. The van der Waals surface area contributed by atoms with Crippen molar-refractivity contribution < 1.29 is 18.0 Å². The fourth-order valence-electron chi connectivity index (χ4n) is 2.08. The fourth-order valence-corrected chi connectivity index (χ4v) is 2.08. The number of nitrogens with two attached hydrogens (primary N) is 1. The van der Waals surface area contributed by atoms with Crippen molar-refractivity contribution in [2.45, 2.75) is 18.1 Å². The summed E-state index contributed by atoms with van der Waals surface area (Å²) >= 11 is 0. The highest BCUT2D eigenvalue weighted by Crippen LogP contribution is 2.40. The molecule has 0 aliphatic carbocycles. The second-order valence-electron chi connectivity index (χ2n) is 4.80. The van der Waals surface area contributed by atoms with Gasteiger partial charge in [0.25, 0.3) is 0 Å². The lowest BCUT2D eigenvalue weighted by atomic mass is 9.84. The Hall–Kier alpha value is -2.14. The van der Waals surface area contributed by atoms with Gasteiger partial charge < -0.3 is 5.73 Å². The SMILES string of the molecule is N[C@@](CC(=O)c1ccccc1)(c1ccccc1)C(F)(F)F. The molecule has 0 fully saturated rings. The molecule has 0 amide bonds. The normalized spacial score (nSPS) is 14.5. The Kier molecular flexibility index (Phi) is 4.14. The Labute approximate surface area is 120 Å². The van der Waals surface area contributed by atoms with Crippen LogP contribution >= 0.6 is 0 Å². The zero-order chi connectivity index (χ0) is 15.5. The first kappa shape index (κ1) is 15.3. The van der Waals surface area contributed by atoms with Crippen LogP contribution in [0.5, 0.6) is 0 Å². The maximum atomic E-state index is 13.4.